The Kier molecular flexibility index (Phi) is 6.38. The highest BCUT2D eigenvalue weighted by molar-refractivity contribution is 7.22. The molecule has 0 saturated heterocycles. The largest absolute Gasteiger partial charge is 0.503 e. The number of rotatable bonds is 8. The smallest absolute Gasteiger partial charge is 0.296 e. The molecule has 1 aliphatic heterocycles. The second-order valence-corrected chi connectivity index (χ2v) is 9.77. The number of aliphatic hydroxyl groups excluding tert-OH is 1. The van der Waals surface area contributed by atoms with Crippen LogP contribution in [0.15, 0.2) is 65.2 Å². The van der Waals surface area contributed by atoms with Crippen LogP contribution in [0, 0.1) is 0 Å². The number of thiazole rings is 1. The number of carbonyl (C=O) groups excluding carboxylic acids is 2. The van der Waals surface area contributed by atoms with Gasteiger partial charge in [-0.05, 0) is 54.8 Å². The van der Waals surface area contributed by atoms with Crippen LogP contribution in [0.5, 0.6) is 17.2 Å². The number of fused-ring (bicyclic) bond motifs is 1. The van der Waals surface area contributed by atoms with E-state index >= 15 is 0 Å². The van der Waals surface area contributed by atoms with E-state index in [0.717, 1.165) is 4.70 Å². The highest BCUT2D eigenvalue weighted by Crippen LogP contribution is 2.47. The van der Waals surface area contributed by atoms with Crippen molar-refractivity contribution < 1.29 is 28.9 Å². The molecule has 5 rings (SSSR count). The number of Topliss-reactive ketones (excluding diaryl/α,β-unsaturated/α-hetero) is 1. The Hall–Kier alpha value is -3.89. The van der Waals surface area contributed by atoms with Gasteiger partial charge in [-0.3, -0.25) is 14.5 Å². The Labute approximate surface area is 215 Å². The van der Waals surface area contributed by atoms with Gasteiger partial charge in [0, 0.05) is 5.56 Å². The van der Waals surface area contributed by atoms with Crippen LogP contribution in [0.3, 0.4) is 0 Å². The number of ketones is 1. The van der Waals surface area contributed by atoms with Crippen molar-refractivity contribution in [1.29, 1.82) is 0 Å². The Bertz CT molecular complexity index is 1490. The van der Waals surface area contributed by atoms with Gasteiger partial charge in [0.1, 0.15) is 23.3 Å². The first-order valence-electron chi connectivity index (χ1n) is 11.1. The quantitative estimate of drug-likeness (QED) is 0.303. The number of anilines is 1. The van der Waals surface area contributed by atoms with Crippen LogP contribution in [0.25, 0.3) is 10.2 Å². The molecule has 0 unspecified atom stereocenters. The molecule has 8 nitrogen and oxygen atoms in total. The molecule has 0 spiro atoms. The summed E-state index contributed by atoms with van der Waals surface area (Å²) in [6, 6.07) is 13.0. The number of methoxy groups -OCH3 is 2. The second-order valence-electron chi connectivity index (χ2n) is 7.81. The number of aliphatic hydroxyl groups is 1. The van der Waals surface area contributed by atoms with Gasteiger partial charge in [0.2, 0.25) is 5.78 Å². The van der Waals surface area contributed by atoms with Gasteiger partial charge in [-0.15, -0.1) is 11.3 Å². The summed E-state index contributed by atoms with van der Waals surface area (Å²) in [6.45, 7) is 2.42. The van der Waals surface area contributed by atoms with E-state index < -0.39 is 23.5 Å². The Balaban J connectivity index is 1.70. The lowest BCUT2D eigenvalue weighted by Gasteiger charge is -2.26. The normalized spacial score (nSPS) is 15.6. The fourth-order valence-electron chi connectivity index (χ4n) is 4.17. The molecule has 0 aliphatic carbocycles. The number of hydrogen-bond donors (Lipinski definition) is 1. The van der Waals surface area contributed by atoms with Crippen LogP contribution in [-0.2, 0) is 4.79 Å². The van der Waals surface area contributed by atoms with Gasteiger partial charge in [0.15, 0.2) is 10.9 Å². The zero-order valence-electron chi connectivity index (χ0n) is 19.7. The average Bonchev–Trinajstić information content (AvgIpc) is 3.62. The lowest BCUT2D eigenvalue weighted by Crippen LogP contribution is -2.31. The number of thiophene rings is 1. The SMILES string of the molecule is CCOc1ccc2nc(N3C(=O)C(O)=C(C(=O)c4cccs4)[C@@H]3c3cc(OC)ccc3OC)sc2c1. The molecule has 0 bridgehead atoms. The topological polar surface area (TPSA) is 98.2 Å². The molecule has 4 aromatic rings. The van der Waals surface area contributed by atoms with Gasteiger partial charge in [0.05, 0.1) is 41.5 Å². The van der Waals surface area contributed by atoms with Crippen molar-refractivity contribution in [2.24, 2.45) is 0 Å². The van der Waals surface area contributed by atoms with Crippen molar-refractivity contribution >= 4 is 49.7 Å². The van der Waals surface area contributed by atoms with E-state index in [1.54, 1.807) is 35.7 Å². The molecule has 2 aromatic heterocycles. The predicted molar refractivity (Wildman–Crippen MR) is 139 cm³/mol. The number of benzene rings is 2. The highest BCUT2D eigenvalue weighted by Gasteiger charge is 2.47. The minimum absolute atomic E-state index is 0.0386. The molecule has 1 N–H and O–H groups in total. The molecular formula is C26H22N2O6S2. The number of hydrogen-bond acceptors (Lipinski definition) is 9. The third-order valence-electron chi connectivity index (χ3n) is 5.79. The van der Waals surface area contributed by atoms with Crippen molar-refractivity contribution in [3.05, 3.63) is 75.7 Å². The van der Waals surface area contributed by atoms with E-state index in [2.05, 4.69) is 4.98 Å². The third kappa shape index (κ3) is 3.98. The van der Waals surface area contributed by atoms with Crippen molar-refractivity contribution in [3.63, 3.8) is 0 Å². The monoisotopic (exact) mass is 522 g/mol. The van der Waals surface area contributed by atoms with Crippen molar-refractivity contribution in [2.75, 3.05) is 25.7 Å². The summed E-state index contributed by atoms with van der Waals surface area (Å²) in [5.41, 5.74) is 1.12. The van der Waals surface area contributed by atoms with Crippen molar-refractivity contribution in [3.8, 4) is 17.2 Å². The summed E-state index contributed by atoms with van der Waals surface area (Å²) in [5.74, 6) is -0.129. The average molecular weight is 523 g/mol. The number of ether oxygens (including phenoxy) is 3. The summed E-state index contributed by atoms with van der Waals surface area (Å²) in [6.07, 6.45) is 0. The lowest BCUT2D eigenvalue weighted by molar-refractivity contribution is -0.117. The number of carbonyl (C=O) groups is 2. The first-order chi connectivity index (χ1) is 17.5. The summed E-state index contributed by atoms with van der Waals surface area (Å²) >= 11 is 2.50. The molecule has 1 amide bonds. The lowest BCUT2D eigenvalue weighted by atomic mass is 9.94. The van der Waals surface area contributed by atoms with E-state index in [9.17, 15) is 14.7 Å². The maximum absolute atomic E-state index is 13.6. The van der Waals surface area contributed by atoms with Gasteiger partial charge in [0.25, 0.3) is 5.91 Å². The molecule has 1 atom stereocenters. The molecule has 36 heavy (non-hydrogen) atoms. The molecule has 3 heterocycles. The van der Waals surface area contributed by atoms with Crippen LogP contribution < -0.4 is 19.1 Å². The molecule has 10 heteroatoms. The number of amides is 1. The van der Waals surface area contributed by atoms with Crippen LogP contribution in [0.4, 0.5) is 5.13 Å². The summed E-state index contributed by atoms with van der Waals surface area (Å²) in [7, 11) is 3.03. The van der Waals surface area contributed by atoms with Gasteiger partial charge in [-0.1, -0.05) is 17.4 Å². The number of aromatic nitrogens is 1. The van der Waals surface area contributed by atoms with Crippen LogP contribution >= 0.6 is 22.7 Å². The van der Waals surface area contributed by atoms with E-state index in [-0.39, 0.29) is 5.57 Å². The zero-order chi connectivity index (χ0) is 25.4. The molecule has 0 fully saturated rings. The molecule has 1 aliphatic rings. The summed E-state index contributed by atoms with van der Waals surface area (Å²) in [5, 5.41) is 13.1. The fourth-order valence-corrected chi connectivity index (χ4v) is 5.87. The Morgan fingerprint density at radius 1 is 1.11 bits per heavy atom. The van der Waals surface area contributed by atoms with E-state index in [4.69, 9.17) is 14.2 Å². The van der Waals surface area contributed by atoms with E-state index in [1.807, 2.05) is 25.1 Å². The maximum Gasteiger partial charge on any atom is 0.296 e. The maximum atomic E-state index is 13.6. The van der Waals surface area contributed by atoms with Crippen molar-refractivity contribution in [2.45, 2.75) is 13.0 Å². The minimum Gasteiger partial charge on any atom is -0.503 e. The van der Waals surface area contributed by atoms with Crippen LogP contribution in [0.2, 0.25) is 0 Å². The van der Waals surface area contributed by atoms with Crippen LogP contribution in [-0.4, -0.2) is 42.6 Å². The molecule has 0 saturated carbocycles. The van der Waals surface area contributed by atoms with Crippen LogP contribution in [0.1, 0.15) is 28.2 Å². The Morgan fingerprint density at radius 3 is 2.61 bits per heavy atom. The fraction of sp³-hybridized carbons (Fsp3) is 0.192. The highest BCUT2D eigenvalue weighted by atomic mass is 32.1. The van der Waals surface area contributed by atoms with Gasteiger partial charge in [-0.25, -0.2) is 4.98 Å². The Morgan fingerprint density at radius 2 is 1.92 bits per heavy atom. The summed E-state index contributed by atoms with van der Waals surface area (Å²) < 4.78 is 17.4. The second kappa shape index (κ2) is 9.63. The molecular weight excluding hydrogens is 500 g/mol. The first-order valence-corrected chi connectivity index (χ1v) is 12.8. The zero-order valence-corrected chi connectivity index (χ0v) is 21.3. The van der Waals surface area contributed by atoms with Gasteiger partial charge >= 0.3 is 0 Å². The standard InChI is InChI=1S/C26H22N2O6S2/c1-4-34-15-7-9-17-20(13-15)36-26(27-17)28-22(16-12-14(32-2)8-10-18(16)33-3)21(24(30)25(28)31)23(29)19-6-5-11-35-19/h5-13,22,30H,4H2,1-3H3/t22-/m0/s1. The first kappa shape index (κ1) is 23.8. The summed E-state index contributed by atoms with van der Waals surface area (Å²) in [4.78, 5) is 33.5. The van der Waals surface area contributed by atoms with E-state index in [0.29, 0.717) is 44.9 Å². The molecule has 184 valence electrons. The molecule has 2 aromatic carbocycles. The number of nitrogens with zero attached hydrogens (tertiary/aromatic N) is 2. The van der Waals surface area contributed by atoms with Crippen molar-refractivity contribution in [1.82, 2.24) is 4.98 Å². The third-order valence-corrected chi connectivity index (χ3v) is 7.68. The van der Waals surface area contributed by atoms with E-state index in [1.165, 1.54) is 41.8 Å². The predicted octanol–water partition coefficient (Wildman–Crippen LogP) is 5.56. The molecule has 0 radical (unpaired) electrons. The minimum atomic E-state index is -0.982. The van der Waals surface area contributed by atoms with Gasteiger partial charge in [-0.2, -0.15) is 0 Å². The van der Waals surface area contributed by atoms with Gasteiger partial charge < -0.3 is 19.3 Å².